The second kappa shape index (κ2) is 11.7. The van der Waals surface area contributed by atoms with E-state index >= 15 is 0 Å². The molecule has 0 bridgehead atoms. The molecule has 2 aliphatic rings. The van der Waals surface area contributed by atoms with Crippen LogP contribution in [0, 0.1) is 0 Å². The Kier molecular flexibility index (Phi) is 7.64. The van der Waals surface area contributed by atoms with E-state index in [2.05, 4.69) is 10.2 Å². The average molecular weight is 602 g/mol. The Morgan fingerprint density at radius 1 is 1.00 bits per heavy atom. The van der Waals surface area contributed by atoms with Crippen LogP contribution in [-0.2, 0) is 20.1 Å². The first kappa shape index (κ1) is 27.5. The lowest BCUT2D eigenvalue weighted by Crippen LogP contribution is -2.29. The molecule has 4 aromatic rings. The highest BCUT2D eigenvalue weighted by atomic mass is 32.2. The van der Waals surface area contributed by atoms with E-state index in [4.69, 9.17) is 14.2 Å². The van der Waals surface area contributed by atoms with Gasteiger partial charge >= 0.3 is 11.9 Å². The average Bonchev–Trinajstić information content (AvgIpc) is 3.61. The van der Waals surface area contributed by atoms with E-state index in [0.717, 1.165) is 5.56 Å². The molecular formula is C30H23N3O7S2. The fourth-order valence-corrected chi connectivity index (χ4v) is 6.51. The van der Waals surface area contributed by atoms with E-state index in [9.17, 15) is 19.5 Å². The predicted octanol–water partition coefficient (Wildman–Crippen LogP) is 5.01. The lowest BCUT2D eigenvalue weighted by Gasteiger charge is -2.23. The lowest BCUT2D eigenvalue weighted by molar-refractivity contribution is -0.132. The van der Waals surface area contributed by atoms with Gasteiger partial charge in [0.05, 0.1) is 24.3 Å². The normalized spacial score (nSPS) is 17.4. The summed E-state index contributed by atoms with van der Waals surface area (Å²) in [6.07, 6.45) is 0. The van der Waals surface area contributed by atoms with Gasteiger partial charge < -0.3 is 19.3 Å². The highest BCUT2D eigenvalue weighted by Gasteiger charge is 2.48. The molecule has 10 nitrogen and oxygen atoms in total. The summed E-state index contributed by atoms with van der Waals surface area (Å²) in [6.45, 7) is 0.744. The molecule has 1 amide bonds. The number of methoxy groups -OCH3 is 1. The van der Waals surface area contributed by atoms with Crippen molar-refractivity contribution in [2.24, 2.45) is 0 Å². The molecule has 1 fully saturated rings. The zero-order valence-electron chi connectivity index (χ0n) is 22.2. The molecule has 0 saturated carbocycles. The molecule has 0 spiro atoms. The van der Waals surface area contributed by atoms with Crippen molar-refractivity contribution in [1.29, 1.82) is 0 Å². The number of carbonyl (C=O) groups excluding carboxylic acids is 3. The number of ether oxygens (including phenoxy) is 3. The largest absolute Gasteiger partial charge is 0.507 e. The van der Waals surface area contributed by atoms with Crippen LogP contribution >= 0.6 is 23.1 Å². The summed E-state index contributed by atoms with van der Waals surface area (Å²) >= 11 is 2.63. The van der Waals surface area contributed by atoms with E-state index in [1.807, 2.05) is 30.3 Å². The summed E-state index contributed by atoms with van der Waals surface area (Å²) in [7, 11) is 1.28. The van der Waals surface area contributed by atoms with Crippen molar-refractivity contribution >= 4 is 51.6 Å². The third kappa shape index (κ3) is 5.21. The zero-order chi connectivity index (χ0) is 29.2. The minimum atomic E-state index is -1.04. The van der Waals surface area contributed by atoms with Crippen LogP contribution in [0.4, 0.5) is 5.13 Å². The maximum absolute atomic E-state index is 13.5. The molecular weight excluding hydrogens is 578 g/mol. The molecule has 3 aromatic carbocycles. The molecule has 0 aliphatic carbocycles. The van der Waals surface area contributed by atoms with Crippen LogP contribution in [0.2, 0.25) is 0 Å². The van der Waals surface area contributed by atoms with Crippen molar-refractivity contribution in [1.82, 2.24) is 10.2 Å². The van der Waals surface area contributed by atoms with Gasteiger partial charge in [0.2, 0.25) is 5.13 Å². The van der Waals surface area contributed by atoms with Gasteiger partial charge in [0.15, 0.2) is 15.8 Å². The third-order valence-corrected chi connectivity index (χ3v) is 8.84. The van der Waals surface area contributed by atoms with Gasteiger partial charge in [-0.1, -0.05) is 65.6 Å². The van der Waals surface area contributed by atoms with Gasteiger partial charge in [-0.05, 0) is 41.5 Å². The summed E-state index contributed by atoms with van der Waals surface area (Å²) in [5.41, 5.74) is 2.03. The number of carbonyl (C=O) groups is 3. The fraction of sp³-hybridized carbons (Fsp3) is 0.167. The van der Waals surface area contributed by atoms with Crippen LogP contribution in [0.15, 0.2) is 82.7 Å². The zero-order valence-corrected chi connectivity index (χ0v) is 23.8. The molecule has 1 atom stereocenters. The summed E-state index contributed by atoms with van der Waals surface area (Å²) in [5, 5.41) is 20.2. The number of aliphatic hydroxyl groups is 1. The molecule has 1 aromatic heterocycles. The minimum absolute atomic E-state index is 0.129. The third-order valence-electron chi connectivity index (χ3n) is 6.71. The summed E-state index contributed by atoms with van der Waals surface area (Å²) in [6, 6.07) is 19.9. The number of Topliss-reactive ketones (excluding diaryl/α,β-unsaturated/α-hetero) is 1. The number of nitrogens with zero attached hydrogens (tertiary/aromatic N) is 3. The summed E-state index contributed by atoms with van der Waals surface area (Å²) in [4.78, 5) is 40.3. The van der Waals surface area contributed by atoms with Gasteiger partial charge in [0, 0.05) is 11.3 Å². The van der Waals surface area contributed by atoms with Gasteiger partial charge in [-0.25, -0.2) is 4.79 Å². The van der Waals surface area contributed by atoms with E-state index in [0.29, 0.717) is 45.9 Å². The van der Waals surface area contributed by atoms with Crippen LogP contribution in [0.5, 0.6) is 11.5 Å². The fourth-order valence-electron chi connectivity index (χ4n) is 4.69. The number of hydrogen-bond acceptors (Lipinski definition) is 11. The van der Waals surface area contributed by atoms with Crippen molar-refractivity contribution in [3.8, 4) is 11.5 Å². The standard InChI is InChI=1S/C30H23N3O7S2/c1-38-28(37)19-9-7-18(8-10-19)24-23(25(34)20-11-12-21-22(15-20)40-14-13-39-21)26(35)27(36)33(24)29-31-32-30(42-29)41-16-17-5-3-2-4-6-17/h2-12,15,24,34H,13-14,16H2,1H3/t24-/m0/s1. The minimum Gasteiger partial charge on any atom is -0.507 e. The SMILES string of the molecule is COC(=O)c1ccc([C@H]2C(=C(O)c3ccc4c(c3)OCCO4)C(=O)C(=O)N2c2nnc(SCc3ccccc3)s2)cc1. The number of aromatic nitrogens is 2. The maximum Gasteiger partial charge on any atom is 0.337 e. The Labute approximate surface area is 248 Å². The highest BCUT2D eigenvalue weighted by Crippen LogP contribution is 2.45. The van der Waals surface area contributed by atoms with Crippen molar-refractivity contribution in [3.05, 3.63) is 101 Å². The molecule has 0 unspecified atom stereocenters. The lowest BCUT2D eigenvalue weighted by atomic mass is 9.94. The number of ketones is 1. The van der Waals surface area contributed by atoms with Crippen molar-refractivity contribution < 1.29 is 33.7 Å². The van der Waals surface area contributed by atoms with Gasteiger partial charge in [0.25, 0.3) is 5.78 Å². The van der Waals surface area contributed by atoms with Crippen LogP contribution in [0.25, 0.3) is 5.76 Å². The Morgan fingerprint density at radius 3 is 2.45 bits per heavy atom. The van der Waals surface area contributed by atoms with Crippen LogP contribution in [0.1, 0.15) is 33.1 Å². The van der Waals surface area contributed by atoms with Gasteiger partial charge in [-0.3, -0.25) is 14.5 Å². The highest BCUT2D eigenvalue weighted by molar-refractivity contribution is 8.00. The van der Waals surface area contributed by atoms with Gasteiger partial charge in [-0.2, -0.15) is 0 Å². The second-order valence-electron chi connectivity index (χ2n) is 9.27. The number of thioether (sulfide) groups is 1. The summed E-state index contributed by atoms with van der Waals surface area (Å²) < 4.78 is 16.6. The first-order valence-corrected chi connectivity index (χ1v) is 14.6. The number of benzene rings is 3. The first-order valence-electron chi connectivity index (χ1n) is 12.8. The number of esters is 1. The van der Waals surface area contributed by atoms with Crippen molar-refractivity contribution in [2.75, 3.05) is 25.2 Å². The molecule has 1 N–H and O–H groups in total. The topological polar surface area (TPSA) is 128 Å². The monoisotopic (exact) mass is 601 g/mol. The van der Waals surface area contributed by atoms with Crippen LogP contribution in [0.3, 0.4) is 0 Å². The summed E-state index contributed by atoms with van der Waals surface area (Å²) in [5.74, 6) is -1.05. The number of amides is 1. The number of anilines is 1. The maximum atomic E-state index is 13.5. The van der Waals surface area contributed by atoms with Gasteiger partial charge in [0.1, 0.15) is 19.0 Å². The Bertz CT molecular complexity index is 1700. The van der Waals surface area contributed by atoms with Crippen molar-refractivity contribution in [3.63, 3.8) is 0 Å². The predicted molar refractivity (Wildman–Crippen MR) is 156 cm³/mol. The Balaban J connectivity index is 1.41. The molecule has 3 heterocycles. The molecule has 0 radical (unpaired) electrons. The van der Waals surface area contributed by atoms with Crippen molar-refractivity contribution in [2.45, 2.75) is 16.1 Å². The van der Waals surface area contributed by atoms with E-state index in [1.54, 1.807) is 30.3 Å². The quantitative estimate of drug-likeness (QED) is 0.0771. The van der Waals surface area contributed by atoms with E-state index in [-0.39, 0.29) is 22.0 Å². The number of aliphatic hydroxyl groups excluding tert-OH is 1. The van der Waals surface area contributed by atoms with Crippen LogP contribution in [-0.4, -0.2) is 53.3 Å². The Morgan fingerprint density at radius 2 is 1.71 bits per heavy atom. The molecule has 212 valence electrons. The molecule has 6 rings (SSSR count). The number of rotatable bonds is 7. The smallest absolute Gasteiger partial charge is 0.337 e. The Hall–Kier alpha value is -4.68. The number of hydrogen-bond donors (Lipinski definition) is 1. The second-order valence-corrected chi connectivity index (χ2v) is 11.4. The van der Waals surface area contributed by atoms with E-state index in [1.165, 1.54) is 47.2 Å². The first-order chi connectivity index (χ1) is 20.4. The number of fused-ring (bicyclic) bond motifs is 1. The molecule has 2 aliphatic heterocycles. The van der Waals surface area contributed by atoms with Crippen LogP contribution < -0.4 is 14.4 Å². The molecule has 1 saturated heterocycles. The van der Waals surface area contributed by atoms with E-state index < -0.39 is 23.7 Å². The van der Waals surface area contributed by atoms with Gasteiger partial charge in [-0.15, -0.1) is 10.2 Å². The molecule has 12 heteroatoms. The molecule has 42 heavy (non-hydrogen) atoms.